The molecule has 1 saturated heterocycles. The van der Waals surface area contributed by atoms with Crippen LogP contribution in [0.4, 0.5) is 4.39 Å². The van der Waals surface area contributed by atoms with Crippen LogP contribution in [0.2, 0.25) is 6.82 Å². The molecule has 8 heteroatoms. The van der Waals surface area contributed by atoms with Crippen LogP contribution >= 0.6 is 0 Å². The lowest BCUT2D eigenvalue weighted by Gasteiger charge is -2.16. The molecule has 2 unspecified atom stereocenters. The Kier molecular flexibility index (Phi) is 4.25. The average molecular weight is 232 g/mol. The maximum Gasteiger partial charge on any atom is 0.376 e. The predicted molar refractivity (Wildman–Crippen MR) is 54.4 cm³/mol. The molecule has 3 N–H and O–H groups in total. The molecule has 6 nitrogen and oxygen atoms in total. The molecule has 0 aliphatic carbocycles. The SMILES string of the molecule is CB(O)N1CC(NC(=O)CF)C(C(=O)O)C1. The van der Waals surface area contributed by atoms with Gasteiger partial charge in [0.1, 0.15) is 0 Å². The standard InChI is InChI=1S/C8H14BFN2O4/c1-9(16)12-3-5(8(14)15)6(4-12)11-7(13)2-10/h5-6,16H,2-4H2,1H3,(H,11,13)(H,14,15). The number of alkyl halides is 1. The Hall–Kier alpha value is -1.15. The highest BCUT2D eigenvalue weighted by Crippen LogP contribution is 2.18. The summed E-state index contributed by atoms with van der Waals surface area (Å²) in [5.41, 5.74) is 0. The van der Waals surface area contributed by atoms with E-state index in [0.717, 1.165) is 0 Å². The van der Waals surface area contributed by atoms with E-state index in [1.807, 2.05) is 0 Å². The summed E-state index contributed by atoms with van der Waals surface area (Å²) in [4.78, 5) is 23.3. The number of carbonyl (C=O) groups is 2. The number of amides is 1. The van der Waals surface area contributed by atoms with Crippen molar-refractivity contribution in [3.8, 4) is 0 Å². The molecule has 1 aliphatic heterocycles. The Bertz CT molecular complexity index is 289. The number of nitrogens with zero attached hydrogens (tertiary/aromatic N) is 1. The number of hydrogen-bond acceptors (Lipinski definition) is 4. The Labute approximate surface area is 92.6 Å². The molecule has 0 aromatic heterocycles. The van der Waals surface area contributed by atoms with Gasteiger partial charge < -0.3 is 20.3 Å². The molecular weight excluding hydrogens is 218 g/mol. The number of rotatable bonds is 4. The number of carboxylic acids is 1. The molecular formula is C8H14BFN2O4. The summed E-state index contributed by atoms with van der Waals surface area (Å²) < 4.78 is 12.0. The van der Waals surface area contributed by atoms with E-state index in [-0.39, 0.29) is 13.1 Å². The first-order valence-electron chi connectivity index (χ1n) is 4.96. The lowest BCUT2D eigenvalue weighted by Crippen LogP contribution is -2.44. The number of nitrogens with one attached hydrogen (secondary N) is 1. The fraction of sp³-hybridized carbons (Fsp3) is 0.750. The van der Waals surface area contributed by atoms with Gasteiger partial charge in [0, 0.05) is 13.1 Å². The van der Waals surface area contributed by atoms with Crippen molar-refractivity contribution >= 4 is 18.9 Å². The zero-order chi connectivity index (χ0) is 12.3. The first kappa shape index (κ1) is 12.9. The number of halogens is 1. The fourth-order valence-electron chi connectivity index (χ4n) is 1.78. The van der Waals surface area contributed by atoms with Crippen molar-refractivity contribution in [2.24, 2.45) is 5.92 Å². The zero-order valence-corrected chi connectivity index (χ0v) is 8.89. The summed E-state index contributed by atoms with van der Waals surface area (Å²) >= 11 is 0. The van der Waals surface area contributed by atoms with Crippen LogP contribution in [0.25, 0.3) is 0 Å². The Morgan fingerprint density at radius 3 is 2.62 bits per heavy atom. The molecule has 2 atom stereocenters. The van der Waals surface area contributed by atoms with Gasteiger partial charge in [0.05, 0.1) is 12.0 Å². The maximum atomic E-state index is 12.0. The topological polar surface area (TPSA) is 89.9 Å². The van der Waals surface area contributed by atoms with E-state index in [2.05, 4.69) is 5.32 Å². The van der Waals surface area contributed by atoms with Crippen LogP contribution in [-0.4, -0.2) is 59.7 Å². The molecule has 1 aliphatic rings. The maximum absolute atomic E-state index is 12.0. The summed E-state index contributed by atoms with van der Waals surface area (Å²) in [5, 5.41) is 20.5. The Morgan fingerprint density at radius 1 is 1.56 bits per heavy atom. The molecule has 0 spiro atoms. The summed E-state index contributed by atoms with van der Waals surface area (Å²) in [7, 11) is -0.783. The minimum atomic E-state index is -1.17. The van der Waals surface area contributed by atoms with Gasteiger partial charge in [-0.05, 0) is 6.82 Å². The first-order chi connectivity index (χ1) is 7.45. The van der Waals surface area contributed by atoms with Crippen molar-refractivity contribution < 1.29 is 24.1 Å². The Morgan fingerprint density at radius 2 is 2.19 bits per heavy atom. The van der Waals surface area contributed by atoms with Crippen molar-refractivity contribution in [3.05, 3.63) is 0 Å². The fourth-order valence-corrected chi connectivity index (χ4v) is 1.78. The van der Waals surface area contributed by atoms with E-state index in [9.17, 15) is 19.0 Å². The minimum absolute atomic E-state index is 0.143. The van der Waals surface area contributed by atoms with Crippen LogP contribution in [-0.2, 0) is 9.59 Å². The highest BCUT2D eigenvalue weighted by atomic mass is 19.1. The van der Waals surface area contributed by atoms with Crippen molar-refractivity contribution in [2.45, 2.75) is 12.9 Å². The average Bonchev–Trinajstić information content (AvgIpc) is 2.61. The molecule has 0 bridgehead atoms. The normalized spacial score (nSPS) is 25.4. The second-order valence-corrected chi connectivity index (χ2v) is 3.84. The van der Waals surface area contributed by atoms with E-state index in [4.69, 9.17) is 5.11 Å². The van der Waals surface area contributed by atoms with Crippen molar-refractivity contribution in [1.29, 1.82) is 0 Å². The summed E-state index contributed by atoms with van der Waals surface area (Å²) in [6.07, 6.45) is 0. The minimum Gasteiger partial charge on any atom is -0.481 e. The van der Waals surface area contributed by atoms with Crippen LogP contribution in [0.5, 0.6) is 0 Å². The third-order valence-electron chi connectivity index (χ3n) is 2.66. The van der Waals surface area contributed by atoms with E-state index in [0.29, 0.717) is 0 Å². The highest BCUT2D eigenvalue weighted by molar-refractivity contribution is 6.45. The molecule has 0 aromatic rings. The van der Waals surface area contributed by atoms with Crippen molar-refractivity contribution in [1.82, 2.24) is 10.1 Å². The molecule has 0 saturated carbocycles. The van der Waals surface area contributed by atoms with Crippen molar-refractivity contribution in [3.63, 3.8) is 0 Å². The third kappa shape index (κ3) is 2.92. The van der Waals surface area contributed by atoms with Crippen LogP contribution in [0.1, 0.15) is 0 Å². The summed E-state index contributed by atoms with van der Waals surface area (Å²) in [5.74, 6) is -2.71. The van der Waals surface area contributed by atoms with Gasteiger partial charge in [0.15, 0.2) is 6.67 Å². The van der Waals surface area contributed by atoms with Crippen molar-refractivity contribution in [2.75, 3.05) is 19.8 Å². The molecule has 1 rings (SSSR count). The third-order valence-corrected chi connectivity index (χ3v) is 2.66. The quantitative estimate of drug-likeness (QED) is 0.517. The van der Waals surface area contributed by atoms with E-state index in [1.165, 1.54) is 11.6 Å². The molecule has 0 aromatic carbocycles. The van der Waals surface area contributed by atoms with Crippen LogP contribution in [0.15, 0.2) is 0 Å². The van der Waals surface area contributed by atoms with Gasteiger partial charge in [-0.3, -0.25) is 9.59 Å². The first-order valence-corrected chi connectivity index (χ1v) is 4.96. The molecule has 90 valence electrons. The number of aliphatic carboxylic acids is 1. The van der Waals surface area contributed by atoms with E-state index < -0.39 is 37.6 Å². The van der Waals surface area contributed by atoms with Crippen LogP contribution in [0, 0.1) is 5.92 Å². The van der Waals surface area contributed by atoms with Crippen LogP contribution < -0.4 is 5.32 Å². The summed E-state index contributed by atoms with van der Waals surface area (Å²) in [6.45, 7) is 0.695. The number of hydrogen-bond donors (Lipinski definition) is 3. The smallest absolute Gasteiger partial charge is 0.376 e. The molecule has 0 radical (unpaired) electrons. The van der Waals surface area contributed by atoms with E-state index >= 15 is 0 Å². The molecule has 16 heavy (non-hydrogen) atoms. The number of carboxylic acid groups (broad SMARTS) is 1. The molecule has 1 heterocycles. The Balaban J connectivity index is 2.66. The van der Waals surface area contributed by atoms with Gasteiger partial charge in [-0.2, -0.15) is 0 Å². The highest BCUT2D eigenvalue weighted by Gasteiger charge is 2.40. The second kappa shape index (κ2) is 5.26. The number of carbonyl (C=O) groups excluding carboxylic acids is 1. The molecule has 1 fully saturated rings. The lowest BCUT2D eigenvalue weighted by atomic mass is 9.86. The molecule has 1 amide bonds. The van der Waals surface area contributed by atoms with Gasteiger partial charge in [0.2, 0.25) is 0 Å². The van der Waals surface area contributed by atoms with Gasteiger partial charge in [-0.1, -0.05) is 0 Å². The lowest BCUT2D eigenvalue weighted by molar-refractivity contribution is -0.142. The monoisotopic (exact) mass is 232 g/mol. The predicted octanol–water partition coefficient (Wildman–Crippen LogP) is -1.43. The van der Waals surface area contributed by atoms with Gasteiger partial charge in [0.25, 0.3) is 5.91 Å². The van der Waals surface area contributed by atoms with Gasteiger partial charge in [-0.15, -0.1) is 0 Å². The zero-order valence-electron chi connectivity index (χ0n) is 8.89. The van der Waals surface area contributed by atoms with Gasteiger partial charge in [-0.25, -0.2) is 4.39 Å². The van der Waals surface area contributed by atoms with Crippen LogP contribution in [0.3, 0.4) is 0 Å². The largest absolute Gasteiger partial charge is 0.481 e. The van der Waals surface area contributed by atoms with E-state index in [1.54, 1.807) is 0 Å². The van der Waals surface area contributed by atoms with Gasteiger partial charge >= 0.3 is 13.0 Å². The second-order valence-electron chi connectivity index (χ2n) is 3.84. The summed E-state index contributed by atoms with van der Waals surface area (Å²) in [6, 6.07) is -0.657.